The third kappa shape index (κ3) is 5.65. The number of aromatic nitrogens is 1. The molecule has 0 saturated heterocycles. The third-order valence-electron chi connectivity index (χ3n) is 1.85. The molecular weight excluding hydrogens is 240 g/mol. The fourth-order valence-electron chi connectivity index (χ4n) is 1.20. The minimum absolute atomic E-state index is 0.140. The molecule has 1 atom stereocenters. The highest BCUT2D eigenvalue weighted by Gasteiger charge is 2.19. The molecule has 0 aromatic carbocycles. The first-order valence-corrected chi connectivity index (χ1v) is 6.27. The number of nitrogens with one attached hydrogen (secondary N) is 1. The normalized spacial score (nSPS) is 13.2. The summed E-state index contributed by atoms with van der Waals surface area (Å²) < 4.78 is 5.11. The van der Waals surface area contributed by atoms with E-state index in [9.17, 15) is 9.90 Å². The third-order valence-corrected chi connectivity index (χ3v) is 2.65. The van der Waals surface area contributed by atoms with Crippen molar-refractivity contribution in [1.82, 2.24) is 10.3 Å². The molecule has 0 aliphatic rings. The smallest absolute Gasteiger partial charge is 0.407 e. The summed E-state index contributed by atoms with van der Waals surface area (Å²) in [6, 6.07) is -0.365. The van der Waals surface area contributed by atoms with Crippen molar-refractivity contribution in [3.63, 3.8) is 0 Å². The maximum Gasteiger partial charge on any atom is 0.407 e. The quantitative estimate of drug-likeness (QED) is 0.860. The second kappa shape index (κ2) is 5.97. The summed E-state index contributed by atoms with van der Waals surface area (Å²) in [6.45, 7) is 5.24. The van der Waals surface area contributed by atoms with E-state index >= 15 is 0 Å². The summed E-state index contributed by atoms with van der Waals surface area (Å²) in [4.78, 5) is 15.6. The molecule has 1 aromatic rings. The lowest BCUT2D eigenvalue weighted by Gasteiger charge is -2.22. The van der Waals surface area contributed by atoms with Crippen LogP contribution in [0.5, 0.6) is 0 Å². The topological polar surface area (TPSA) is 71.5 Å². The molecular formula is C11H18N2O3S. The first-order valence-electron chi connectivity index (χ1n) is 5.39. The minimum Gasteiger partial charge on any atom is -0.444 e. The average molecular weight is 258 g/mol. The van der Waals surface area contributed by atoms with Gasteiger partial charge in [0.05, 0.1) is 17.7 Å². The molecule has 0 fully saturated rings. The van der Waals surface area contributed by atoms with Crippen LogP contribution >= 0.6 is 11.3 Å². The molecule has 0 saturated carbocycles. The van der Waals surface area contributed by atoms with Crippen LogP contribution in [-0.2, 0) is 11.2 Å². The highest BCUT2D eigenvalue weighted by Crippen LogP contribution is 2.09. The van der Waals surface area contributed by atoms with E-state index in [1.165, 1.54) is 11.3 Å². The minimum atomic E-state index is -0.536. The number of alkyl carbamates (subject to hydrolysis) is 1. The van der Waals surface area contributed by atoms with Gasteiger partial charge in [-0.3, -0.25) is 0 Å². The van der Waals surface area contributed by atoms with Gasteiger partial charge in [-0.05, 0) is 20.8 Å². The van der Waals surface area contributed by atoms with Crippen LogP contribution in [-0.4, -0.2) is 34.4 Å². The summed E-state index contributed by atoms with van der Waals surface area (Å²) in [6.07, 6.45) is 1.68. The van der Waals surface area contributed by atoms with Gasteiger partial charge in [0.2, 0.25) is 0 Å². The van der Waals surface area contributed by atoms with Crippen LogP contribution in [0, 0.1) is 0 Å². The van der Waals surface area contributed by atoms with Crippen LogP contribution in [0.4, 0.5) is 4.79 Å². The lowest BCUT2D eigenvalue weighted by Crippen LogP contribution is -2.42. The van der Waals surface area contributed by atoms with E-state index in [0.29, 0.717) is 6.42 Å². The van der Waals surface area contributed by atoms with Crippen LogP contribution in [0.3, 0.4) is 0 Å². The number of aliphatic hydroxyl groups excluding tert-OH is 1. The van der Waals surface area contributed by atoms with Crippen LogP contribution in [0.1, 0.15) is 25.8 Å². The molecule has 5 nitrogen and oxygen atoms in total. The van der Waals surface area contributed by atoms with Crippen molar-refractivity contribution in [1.29, 1.82) is 0 Å². The fraction of sp³-hybridized carbons (Fsp3) is 0.636. The van der Waals surface area contributed by atoms with Crippen molar-refractivity contribution in [3.05, 3.63) is 16.6 Å². The molecule has 96 valence electrons. The Balaban J connectivity index is 2.44. The maximum atomic E-state index is 11.5. The van der Waals surface area contributed by atoms with E-state index in [1.807, 2.05) is 5.38 Å². The molecule has 0 radical (unpaired) electrons. The Morgan fingerprint density at radius 1 is 1.65 bits per heavy atom. The number of ether oxygens (including phenoxy) is 1. The summed E-state index contributed by atoms with van der Waals surface area (Å²) in [5, 5.41) is 14.5. The second-order valence-electron chi connectivity index (χ2n) is 4.66. The first kappa shape index (κ1) is 13.9. The summed E-state index contributed by atoms with van der Waals surface area (Å²) >= 11 is 1.49. The predicted octanol–water partition coefficient (Wildman–Crippen LogP) is 1.57. The summed E-state index contributed by atoms with van der Waals surface area (Å²) in [7, 11) is 0. The molecule has 0 spiro atoms. The van der Waals surface area contributed by atoms with Crippen molar-refractivity contribution in [2.75, 3.05) is 6.61 Å². The van der Waals surface area contributed by atoms with Gasteiger partial charge in [-0.1, -0.05) is 0 Å². The fourth-order valence-corrected chi connectivity index (χ4v) is 1.90. The Bertz CT molecular complexity index is 346. The number of amides is 1. The second-order valence-corrected chi connectivity index (χ2v) is 5.63. The number of thiazole rings is 1. The van der Waals surface area contributed by atoms with Crippen LogP contribution < -0.4 is 5.32 Å². The first-order chi connectivity index (χ1) is 7.90. The van der Waals surface area contributed by atoms with Crippen molar-refractivity contribution >= 4 is 17.4 Å². The summed E-state index contributed by atoms with van der Waals surface area (Å²) in [5.74, 6) is 0. The van der Waals surface area contributed by atoms with Crippen LogP contribution in [0.15, 0.2) is 11.6 Å². The molecule has 1 amide bonds. The van der Waals surface area contributed by atoms with Gasteiger partial charge in [-0.25, -0.2) is 9.78 Å². The highest BCUT2D eigenvalue weighted by molar-refractivity contribution is 7.09. The Morgan fingerprint density at radius 2 is 2.35 bits per heavy atom. The Kier molecular flexibility index (Phi) is 4.89. The largest absolute Gasteiger partial charge is 0.444 e. The molecule has 1 heterocycles. The van der Waals surface area contributed by atoms with Crippen molar-refractivity contribution in [2.45, 2.75) is 38.8 Å². The van der Waals surface area contributed by atoms with Crippen LogP contribution in [0.2, 0.25) is 0 Å². The number of aliphatic hydroxyl groups is 1. The maximum absolute atomic E-state index is 11.5. The molecule has 17 heavy (non-hydrogen) atoms. The molecule has 1 rings (SSSR count). The van der Waals surface area contributed by atoms with Crippen molar-refractivity contribution in [2.24, 2.45) is 0 Å². The van der Waals surface area contributed by atoms with E-state index in [0.717, 1.165) is 5.01 Å². The molecule has 1 unspecified atom stereocenters. The zero-order valence-corrected chi connectivity index (χ0v) is 11.1. The van der Waals surface area contributed by atoms with E-state index < -0.39 is 11.7 Å². The zero-order valence-electron chi connectivity index (χ0n) is 10.3. The predicted molar refractivity (Wildman–Crippen MR) is 66.1 cm³/mol. The van der Waals surface area contributed by atoms with Crippen molar-refractivity contribution < 1.29 is 14.6 Å². The summed E-state index contributed by atoms with van der Waals surface area (Å²) in [5.41, 5.74) is -0.536. The molecule has 6 heteroatoms. The molecule has 0 aliphatic heterocycles. The Labute approximate surface area is 105 Å². The lowest BCUT2D eigenvalue weighted by molar-refractivity contribution is 0.0483. The van der Waals surface area contributed by atoms with Gasteiger partial charge in [0.1, 0.15) is 5.60 Å². The standard InChI is InChI=1S/C11H18N2O3S/c1-11(2,3)16-10(15)13-8(7-14)6-9-12-4-5-17-9/h4-5,8,14H,6-7H2,1-3H3,(H,13,15). The van der Waals surface area contributed by atoms with E-state index in [2.05, 4.69) is 10.3 Å². The SMILES string of the molecule is CC(C)(C)OC(=O)NC(CO)Cc1nccs1. The monoisotopic (exact) mass is 258 g/mol. The Hall–Kier alpha value is -1.14. The number of hydrogen-bond donors (Lipinski definition) is 2. The number of nitrogens with zero attached hydrogens (tertiary/aromatic N) is 1. The Morgan fingerprint density at radius 3 is 2.82 bits per heavy atom. The van der Waals surface area contributed by atoms with E-state index in [1.54, 1.807) is 27.0 Å². The molecule has 1 aromatic heterocycles. The number of carbonyl (C=O) groups is 1. The lowest BCUT2D eigenvalue weighted by atomic mass is 10.2. The molecule has 0 aliphatic carbocycles. The number of hydrogen-bond acceptors (Lipinski definition) is 5. The van der Waals surface area contributed by atoms with Gasteiger partial charge in [0.15, 0.2) is 0 Å². The van der Waals surface area contributed by atoms with Gasteiger partial charge in [-0.2, -0.15) is 0 Å². The average Bonchev–Trinajstić information content (AvgIpc) is 2.66. The van der Waals surface area contributed by atoms with Gasteiger partial charge < -0.3 is 15.2 Å². The van der Waals surface area contributed by atoms with E-state index in [-0.39, 0.29) is 12.6 Å². The van der Waals surface area contributed by atoms with E-state index in [4.69, 9.17) is 4.74 Å². The molecule has 0 bridgehead atoms. The van der Waals surface area contributed by atoms with Crippen LogP contribution in [0.25, 0.3) is 0 Å². The molecule has 2 N–H and O–H groups in total. The van der Waals surface area contributed by atoms with Gasteiger partial charge >= 0.3 is 6.09 Å². The van der Waals surface area contributed by atoms with Gasteiger partial charge in [0, 0.05) is 18.0 Å². The number of carbonyl (C=O) groups excluding carboxylic acids is 1. The zero-order chi connectivity index (χ0) is 12.9. The van der Waals surface area contributed by atoms with Gasteiger partial charge in [-0.15, -0.1) is 11.3 Å². The van der Waals surface area contributed by atoms with Gasteiger partial charge in [0.25, 0.3) is 0 Å². The van der Waals surface area contributed by atoms with Crippen molar-refractivity contribution in [3.8, 4) is 0 Å². The number of rotatable bonds is 4. The highest BCUT2D eigenvalue weighted by atomic mass is 32.1.